The smallest absolute Gasteiger partial charge is 0.237 e. The molecule has 0 radical (unpaired) electrons. The number of likely N-dealkylation sites (N-methyl/N-ethyl adjacent to an activating group) is 1. The summed E-state index contributed by atoms with van der Waals surface area (Å²) >= 11 is 1.41. The number of rotatable bonds is 2. The average molecular weight is 360 g/mol. The molecule has 0 aliphatic carbocycles. The summed E-state index contributed by atoms with van der Waals surface area (Å²) in [5.74, 6) is -0.294. The van der Waals surface area contributed by atoms with Gasteiger partial charge in [-0.3, -0.25) is 4.79 Å². The summed E-state index contributed by atoms with van der Waals surface area (Å²) in [7, 11) is 3.60. The van der Waals surface area contributed by atoms with Crippen LogP contribution in [0.3, 0.4) is 0 Å². The lowest BCUT2D eigenvalue weighted by Crippen LogP contribution is -2.27. The molecular weight excluding hydrogens is 346 g/mol. The van der Waals surface area contributed by atoms with Crippen LogP contribution in [0.1, 0.15) is 22.4 Å². The third-order valence-corrected chi connectivity index (χ3v) is 7.18. The van der Waals surface area contributed by atoms with Gasteiger partial charge in [-0.2, -0.15) is 5.26 Å². The molecule has 0 saturated carbocycles. The number of halogens is 1. The molecule has 1 atom stereocenters. The lowest BCUT2D eigenvalue weighted by Gasteiger charge is -2.21. The number of hydrogen-bond acceptors (Lipinski definition) is 6. The number of hydrogen-bond donors (Lipinski definition) is 0. The van der Waals surface area contributed by atoms with E-state index in [0.29, 0.717) is 10.6 Å². The minimum atomic E-state index is -3.78. The molecule has 1 unspecified atom stereocenters. The normalized spacial score (nSPS) is 22.7. The van der Waals surface area contributed by atoms with Crippen molar-refractivity contribution in [3.8, 4) is 6.07 Å². The van der Waals surface area contributed by atoms with Crippen molar-refractivity contribution in [2.45, 2.75) is 24.6 Å². The van der Waals surface area contributed by atoms with Crippen LogP contribution >= 0.6 is 22.0 Å². The van der Waals surface area contributed by atoms with E-state index in [-0.39, 0.29) is 18.9 Å². The van der Waals surface area contributed by atoms with E-state index in [0.717, 1.165) is 30.0 Å². The zero-order chi connectivity index (χ0) is 16.1. The van der Waals surface area contributed by atoms with E-state index in [1.165, 1.54) is 16.2 Å². The first kappa shape index (κ1) is 15.7. The van der Waals surface area contributed by atoms with E-state index in [1.54, 1.807) is 0 Å². The molecule has 6 nitrogen and oxygen atoms in total. The van der Waals surface area contributed by atoms with Crippen LogP contribution < -0.4 is 4.90 Å². The molecule has 0 N–H and O–H groups in total. The van der Waals surface area contributed by atoms with Crippen molar-refractivity contribution in [1.82, 2.24) is 4.90 Å². The molecule has 22 heavy (non-hydrogen) atoms. The Morgan fingerprint density at radius 1 is 1.45 bits per heavy atom. The summed E-state index contributed by atoms with van der Waals surface area (Å²) in [4.78, 5) is 16.8. The number of nitriles is 1. The van der Waals surface area contributed by atoms with Crippen molar-refractivity contribution < 1.29 is 13.2 Å². The van der Waals surface area contributed by atoms with E-state index >= 15 is 0 Å². The molecule has 0 spiro atoms. The molecule has 3 heterocycles. The number of amides is 1. The van der Waals surface area contributed by atoms with Crippen LogP contribution in [0.2, 0.25) is 0 Å². The maximum absolute atomic E-state index is 12.2. The Bertz CT molecular complexity index is 781. The fraction of sp³-hybridized carbons (Fsp3) is 0.538. The van der Waals surface area contributed by atoms with Gasteiger partial charge >= 0.3 is 0 Å². The SMILES string of the molecule is CN1CCc2c(sc(N3CC(S(=O)(=O)Cl)CC3=O)c2C#N)C1. The van der Waals surface area contributed by atoms with Crippen LogP contribution in [-0.4, -0.2) is 44.6 Å². The molecule has 118 valence electrons. The van der Waals surface area contributed by atoms with Gasteiger partial charge < -0.3 is 9.80 Å². The van der Waals surface area contributed by atoms with Crippen LogP contribution in [0.5, 0.6) is 0 Å². The highest BCUT2D eigenvalue weighted by Gasteiger charge is 2.40. The van der Waals surface area contributed by atoms with Gasteiger partial charge in [-0.05, 0) is 19.0 Å². The zero-order valence-electron chi connectivity index (χ0n) is 11.9. The first-order valence-corrected chi connectivity index (χ1v) is 9.97. The van der Waals surface area contributed by atoms with Crippen LogP contribution in [-0.2, 0) is 26.8 Å². The second-order valence-electron chi connectivity index (χ2n) is 5.59. The molecule has 1 saturated heterocycles. The van der Waals surface area contributed by atoms with Gasteiger partial charge in [0, 0.05) is 41.6 Å². The molecule has 3 rings (SSSR count). The Morgan fingerprint density at radius 3 is 2.77 bits per heavy atom. The lowest BCUT2D eigenvalue weighted by atomic mass is 10.0. The highest BCUT2D eigenvalue weighted by Crippen LogP contribution is 2.40. The Kier molecular flexibility index (Phi) is 3.93. The first-order valence-electron chi connectivity index (χ1n) is 6.78. The maximum atomic E-state index is 12.2. The van der Waals surface area contributed by atoms with Crippen LogP contribution in [0.25, 0.3) is 0 Å². The molecule has 1 aromatic rings. The minimum absolute atomic E-state index is 0.0224. The third-order valence-electron chi connectivity index (χ3n) is 4.07. The molecule has 2 aliphatic rings. The fourth-order valence-electron chi connectivity index (χ4n) is 2.88. The minimum Gasteiger partial charge on any atom is -0.301 e. The third kappa shape index (κ3) is 2.63. The number of fused-ring (bicyclic) bond motifs is 1. The van der Waals surface area contributed by atoms with E-state index < -0.39 is 14.3 Å². The van der Waals surface area contributed by atoms with Crippen molar-refractivity contribution >= 4 is 42.0 Å². The monoisotopic (exact) mass is 359 g/mol. The highest BCUT2D eigenvalue weighted by atomic mass is 35.7. The summed E-state index contributed by atoms with van der Waals surface area (Å²) in [6, 6.07) is 2.19. The number of nitrogens with zero attached hydrogens (tertiary/aromatic N) is 3. The molecule has 0 bridgehead atoms. The largest absolute Gasteiger partial charge is 0.301 e. The average Bonchev–Trinajstić information content (AvgIpc) is 2.97. The Labute approximate surface area is 137 Å². The fourth-order valence-corrected chi connectivity index (χ4v) is 5.31. The number of carbonyl (C=O) groups excluding carboxylic acids is 1. The van der Waals surface area contributed by atoms with Gasteiger partial charge in [0.1, 0.15) is 16.3 Å². The van der Waals surface area contributed by atoms with Crippen molar-refractivity contribution in [3.05, 3.63) is 16.0 Å². The lowest BCUT2D eigenvalue weighted by molar-refractivity contribution is -0.117. The molecule has 2 aliphatic heterocycles. The topological polar surface area (TPSA) is 81.5 Å². The highest BCUT2D eigenvalue weighted by molar-refractivity contribution is 8.14. The Balaban J connectivity index is 2.00. The van der Waals surface area contributed by atoms with Crippen molar-refractivity contribution in [1.29, 1.82) is 5.26 Å². The molecule has 1 aromatic heterocycles. The molecule has 0 aromatic carbocycles. The molecular formula is C13H14ClN3O3S2. The molecule has 1 amide bonds. The van der Waals surface area contributed by atoms with Crippen molar-refractivity contribution in [2.75, 3.05) is 25.0 Å². The predicted molar refractivity (Wildman–Crippen MR) is 84.6 cm³/mol. The van der Waals surface area contributed by atoms with Gasteiger partial charge in [0.2, 0.25) is 15.0 Å². The van der Waals surface area contributed by atoms with Crippen LogP contribution in [0.15, 0.2) is 0 Å². The van der Waals surface area contributed by atoms with E-state index in [9.17, 15) is 18.5 Å². The predicted octanol–water partition coefficient (Wildman–Crippen LogP) is 1.28. The van der Waals surface area contributed by atoms with E-state index in [2.05, 4.69) is 11.0 Å². The molecule has 9 heteroatoms. The van der Waals surface area contributed by atoms with Gasteiger partial charge in [0.15, 0.2) is 0 Å². The Hall–Kier alpha value is -1.14. The second kappa shape index (κ2) is 5.49. The summed E-state index contributed by atoms with van der Waals surface area (Å²) in [6.45, 7) is 1.63. The van der Waals surface area contributed by atoms with Crippen molar-refractivity contribution in [2.24, 2.45) is 0 Å². The number of thiophene rings is 1. The Morgan fingerprint density at radius 2 is 2.18 bits per heavy atom. The van der Waals surface area contributed by atoms with Crippen LogP contribution in [0.4, 0.5) is 5.00 Å². The number of carbonyl (C=O) groups is 1. The summed E-state index contributed by atoms with van der Waals surface area (Å²) in [5, 5.41) is 9.12. The van der Waals surface area contributed by atoms with E-state index in [1.807, 2.05) is 7.05 Å². The second-order valence-corrected chi connectivity index (χ2v) is 9.58. The molecule has 1 fully saturated rings. The summed E-state index contributed by atoms with van der Waals surface area (Å²) in [5.41, 5.74) is 1.50. The van der Waals surface area contributed by atoms with Gasteiger partial charge in [-0.25, -0.2) is 8.42 Å². The first-order chi connectivity index (χ1) is 10.3. The zero-order valence-corrected chi connectivity index (χ0v) is 14.3. The maximum Gasteiger partial charge on any atom is 0.237 e. The van der Waals surface area contributed by atoms with Crippen molar-refractivity contribution in [3.63, 3.8) is 0 Å². The standard InChI is InChI=1S/C13H14ClN3O3S2/c1-16-3-2-9-10(5-15)13(21-11(9)7-16)17-6-8(4-12(17)18)22(14,19)20/h8H,2-4,6-7H2,1H3. The van der Waals surface area contributed by atoms with Gasteiger partial charge in [-0.1, -0.05) is 0 Å². The summed E-state index contributed by atoms with van der Waals surface area (Å²) in [6.07, 6.45) is 0.643. The number of anilines is 1. The van der Waals surface area contributed by atoms with Gasteiger partial charge in [0.25, 0.3) is 0 Å². The van der Waals surface area contributed by atoms with Gasteiger partial charge in [0.05, 0.1) is 5.56 Å². The summed E-state index contributed by atoms with van der Waals surface area (Å²) < 4.78 is 22.9. The van der Waals surface area contributed by atoms with Crippen LogP contribution in [0, 0.1) is 11.3 Å². The quantitative estimate of drug-likeness (QED) is 0.743. The van der Waals surface area contributed by atoms with Gasteiger partial charge in [-0.15, -0.1) is 11.3 Å². The van der Waals surface area contributed by atoms with E-state index in [4.69, 9.17) is 10.7 Å².